The van der Waals surface area contributed by atoms with Crippen LogP contribution in [-0.2, 0) is 11.3 Å². The summed E-state index contributed by atoms with van der Waals surface area (Å²) in [6.07, 6.45) is 3.47. The van der Waals surface area contributed by atoms with Crippen molar-refractivity contribution in [1.82, 2.24) is 15.5 Å². The number of guanidine groups is 1. The Labute approximate surface area is 176 Å². The molecule has 0 atom stereocenters. The molecule has 0 spiro atoms. The minimum atomic E-state index is -0.253. The summed E-state index contributed by atoms with van der Waals surface area (Å²) in [5.41, 5.74) is 1.45. The Hall–Kier alpha value is -2.08. The fourth-order valence-corrected chi connectivity index (χ4v) is 3.38. The highest BCUT2D eigenvalue weighted by molar-refractivity contribution is 5.94. The summed E-state index contributed by atoms with van der Waals surface area (Å²) in [6.45, 7) is 12.2. The minimum Gasteiger partial charge on any atom is -0.381 e. The van der Waals surface area contributed by atoms with Crippen molar-refractivity contribution >= 4 is 11.9 Å². The number of aliphatic imine (C=N–C) groups is 1. The van der Waals surface area contributed by atoms with Crippen LogP contribution in [-0.4, -0.2) is 55.7 Å². The van der Waals surface area contributed by atoms with Crippen molar-refractivity contribution in [3.8, 4) is 0 Å². The number of ether oxygens (including phenoxy) is 1. The molecule has 6 nitrogen and oxygen atoms in total. The number of nitrogens with one attached hydrogen (secondary N) is 2. The largest absolute Gasteiger partial charge is 0.381 e. The van der Waals surface area contributed by atoms with Gasteiger partial charge in [0, 0.05) is 44.5 Å². The van der Waals surface area contributed by atoms with E-state index in [0.717, 1.165) is 63.0 Å². The molecule has 0 bridgehead atoms. The van der Waals surface area contributed by atoms with Gasteiger partial charge in [-0.1, -0.05) is 12.1 Å². The molecule has 2 rings (SSSR count). The molecule has 0 radical (unpaired) electrons. The van der Waals surface area contributed by atoms with Gasteiger partial charge in [0.1, 0.15) is 0 Å². The first-order valence-corrected chi connectivity index (χ1v) is 10.8. The number of carbonyl (C=O) groups is 1. The number of rotatable bonds is 7. The summed E-state index contributed by atoms with van der Waals surface area (Å²) in [5.74, 6) is 1.60. The maximum atomic E-state index is 12.4. The predicted octanol–water partition coefficient (Wildman–Crippen LogP) is 3.43. The summed E-state index contributed by atoms with van der Waals surface area (Å²) in [4.78, 5) is 19.4. The van der Waals surface area contributed by atoms with Gasteiger partial charge in [-0.3, -0.25) is 4.79 Å². The molecule has 1 amide bonds. The minimum absolute atomic E-state index is 0.0520. The molecule has 0 saturated carbocycles. The second kappa shape index (κ2) is 11.2. The van der Waals surface area contributed by atoms with Crippen LogP contribution in [0.5, 0.6) is 0 Å². The molecule has 1 saturated heterocycles. The van der Waals surface area contributed by atoms with Crippen LogP contribution in [0, 0.1) is 5.92 Å². The van der Waals surface area contributed by atoms with Crippen LogP contribution < -0.4 is 10.6 Å². The Morgan fingerprint density at radius 2 is 2.00 bits per heavy atom. The Morgan fingerprint density at radius 3 is 2.66 bits per heavy atom. The molecule has 1 aromatic rings. The maximum absolute atomic E-state index is 12.4. The first-order valence-electron chi connectivity index (χ1n) is 10.8. The van der Waals surface area contributed by atoms with Gasteiger partial charge in [-0.15, -0.1) is 0 Å². The summed E-state index contributed by atoms with van der Waals surface area (Å²) in [5, 5.41) is 6.39. The van der Waals surface area contributed by atoms with Crippen LogP contribution >= 0.6 is 0 Å². The van der Waals surface area contributed by atoms with Gasteiger partial charge in [0.05, 0.1) is 6.54 Å². The molecule has 1 heterocycles. The number of benzene rings is 1. The number of amides is 1. The molecule has 1 aliphatic heterocycles. The second-order valence-electron chi connectivity index (χ2n) is 8.84. The molecule has 6 heteroatoms. The van der Waals surface area contributed by atoms with Crippen molar-refractivity contribution in [2.75, 3.05) is 33.4 Å². The highest BCUT2D eigenvalue weighted by Crippen LogP contribution is 2.18. The highest BCUT2D eigenvalue weighted by Gasteiger charge is 2.16. The van der Waals surface area contributed by atoms with Crippen LogP contribution in [0.3, 0.4) is 0 Å². The monoisotopic (exact) mass is 402 g/mol. The Kier molecular flexibility index (Phi) is 8.96. The van der Waals surface area contributed by atoms with E-state index in [2.05, 4.69) is 29.5 Å². The summed E-state index contributed by atoms with van der Waals surface area (Å²) >= 11 is 0. The van der Waals surface area contributed by atoms with E-state index in [1.807, 2.05) is 45.0 Å². The predicted molar refractivity (Wildman–Crippen MR) is 119 cm³/mol. The van der Waals surface area contributed by atoms with E-state index in [4.69, 9.17) is 9.73 Å². The molecule has 0 aliphatic carbocycles. The fourth-order valence-electron chi connectivity index (χ4n) is 3.38. The van der Waals surface area contributed by atoms with Gasteiger partial charge in [0.2, 0.25) is 0 Å². The first-order chi connectivity index (χ1) is 13.8. The summed E-state index contributed by atoms with van der Waals surface area (Å²) < 4.78 is 5.45. The smallest absolute Gasteiger partial charge is 0.251 e. The molecular formula is C23H38N4O2. The van der Waals surface area contributed by atoms with Crippen molar-refractivity contribution in [2.24, 2.45) is 10.9 Å². The van der Waals surface area contributed by atoms with Crippen LogP contribution in [0.2, 0.25) is 0 Å². The van der Waals surface area contributed by atoms with Crippen LogP contribution in [0.1, 0.15) is 62.9 Å². The summed E-state index contributed by atoms with van der Waals surface area (Å²) in [7, 11) is 2.09. The lowest BCUT2D eigenvalue weighted by atomic mass is 9.96. The Balaban J connectivity index is 1.97. The normalized spacial score (nSPS) is 15.8. The van der Waals surface area contributed by atoms with Crippen LogP contribution in [0.25, 0.3) is 0 Å². The van der Waals surface area contributed by atoms with E-state index in [0.29, 0.717) is 12.1 Å². The van der Waals surface area contributed by atoms with E-state index in [-0.39, 0.29) is 11.4 Å². The molecule has 2 N–H and O–H groups in total. The third-order valence-corrected chi connectivity index (χ3v) is 5.00. The van der Waals surface area contributed by atoms with Crippen LogP contribution in [0.15, 0.2) is 29.3 Å². The molecule has 1 fully saturated rings. The number of nitrogens with zero attached hydrogens (tertiary/aromatic N) is 2. The van der Waals surface area contributed by atoms with Crippen LogP contribution in [0.4, 0.5) is 0 Å². The number of hydrogen-bond donors (Lipinski definition) is 2. The SMILES string of the molecule is CCNC(=NCc1cccc(C(=O)NC(C)(C)C)c1)N(C)CCC1CCOCC1. The van der Waals surface area contributed by atoms with Gasteiger partial charge in [-0.2, -0.15) is 0 Å². The standard InChI is InChI=1S/C23H38N4O2/c1-6-24-22(27(5)13-10-18-11-14-29-15-12-18)25-17-19-8-7-9-20(16-19)21(28)26-23(2,3)4/h7-9,16,18H,6,10-15,17H2,1-5H3,(H,24,25)(H,26,28). The van der Waals surface area contributed by atoms with Crippen molar-refractivity contribution in [2.45, 2.75) is 59.0 Å². The zero-order chi connectivity index (χ0) is 21.3. The van der Waals surface area contributed by atoms with E-state index < -0.39 is 0 Å². The van der Waals surface area contributed by atoms with Gasteiger partial charge in [0.25, 0.3) is 5.91 Å². The van der Waals surface area contributed by atoms with Crippen molar-refractivity contribution in [1.29, 1.82) is 0 Å². The van der Waals surface area contributed by atoms with Gasteiger partial charge < -0.3 is 20.3 Å². The lowest BCUT2D eigenvalue weighted by Crippen LogP contribution is -2.40. The lowest BCUT2D eigenvalue weighted by molar-refractivity contribution is 0.0625. The van der Waals surface area contributed by atoms with Gasteiger partial charge in [-0.25, -0.2) is 4.99 Å². The first kappa shape index (κ1) is 23.2. The molecule has 162 valence electrons. The van der Waals surface area contributed by atoms with Gasteiger partial charge in [-0.05, 0) is 70.6 Å². The molecule has 0 unspecified atom stereocenters. The number of carbonyl (C=O) groups excluding carboxylic acids is 1. The fraction of sp³-hybridized carbons (Fsp3) is 0.652. The van der Waals surface area contributed by atoms with E-state index >= 15 is 0 Å². The molecule has 1 aromatic carbocycles. The van der Waals surface area contributed by atoms with E-state index in [9.17, 15) is 4.79 Å². The average Bonchev–Trinajstić information content (AvgIpc) is 2.69. The quantitative estimate of drug-likeness (QED) is 0.542. The van der Waals surface area contributed by atoms with Gasteiger partial charge >= 0.3 is 0 Å². The van der Waals surface area contributed by atoms with Crippen molar-refractivity contribution in [3.05, 3.63) is 35.4 Å². The molecule has 0 aromatic heterocycles. The third kappa shape index (κ3) is 8.44. The zero-order valence-corrected chi connectivity index (χ0v) is 18.8. The van der Waals surface area contributed by atoms with E-state index in [1.165, 1.54) is 0 Å². The Morgan fingerprint density at radius 1 is 1.28 bits per heavy atom. The summed E-state index contributed by atoms with van der Waals surface area (Å²) in [6, 6.07) is 7.71. The van der Waals surface area contributed by atoms with Crippen molar-refractivity contribution < 1.29 is 9.53 Å². The van der Waals surface area contributed by atoms with Crippen molar-refractivity contribution in [3.63, 3.8) is 0 Å². The Bertz CT molecular complexity index is 676. The average molecular weight is 403 g/mol. The second-order valence-corrected chi connectivity index (χ2v) is 8.84. The highest BCUT2D eigenvalue weighted by atomic mass is 16.5. The third-order valence-electron chi connectivity index (χ3n) is 5.00. The topological polar surface area (TPSA) is 66.0 Å². The molecule has 29 heavy (non-hydrogen) atoms. The molecular weight excluding hydrogens is 364 g/mol. The van der Waals surface area contributed by atoms with E-state index in [1.54, 1.807) is 0 Å². The number of hydrogen-bond acceptors (Lipinski definition) is 3. The lowest BCUT2D eigenvalue weighted by Gasteiger charge is -2.27. The maximum Gasteiger partial charge on any atom is 0.251 e. The molecule has 1 aliphatic rings. The van der Waals surface area contributed by atoms with Gasteiger partial charge in [0.15, 0.2) is 5.96 Å². The zero-order valence-electron chi connectivity index (χ0n) is 18.8.